The van der Waals surface area contributed by atoms with Crippen LogP contribution in [-0.4, -0.2) is 26.7 Å². The molecule has 5 rings (SSSR count). The average molecular weight is 400 g/mol. The van der Waals surface area contributed by atoms with Gasteiger partial charge < -0.3 is 14.3 Å². The molecule has 1 aliphatic carbocycles. The van der Waals surface area contributed by atoms with Crippen LogP contribution in [0.4, 0.5) is 0 Å². The van der Waals surface area contributed by atoms with Crippen molar-refractivity contribution >= 4 is 16.8 Å². The first-order valence-electron chi connectivity index (χ1n) is 10.5. The minimum Gasteiger partial charge on any atom is -0.416 e. The molecule has 1 saturated carbocycles. The van der Waals surface area contributed by atoms with Crippen LogP contribution in [0.15, 0.2) is 65.2 Å². The molecule has 1 fully saturated rings. The summed E-state index contributed by atoms with van der Waals surface area (Å²) in [6.45, 7) is 0.274. The highest BCUT2D eigenvalue weighted by Gasteiger charge is 2.19. The van der Waals surface area contributed by atoms with E-state index in [1.807, 2.05) is 65.4 Å². The van der Waals surface area contributed by atoms with Crippen LogP contribution < -0.4 is 5.32 Å². The highest BCUT2D eigenvalue weighted by atomic mass is 16.4. The molecule has 0 atom stereocenters. The summed E-state index contributed by atoms with van der Waals surface area (Å²) < 4.78 is 7.94. The van der Waals surface area contributed by atoms with Crippen molar-refractivity contribution in [2.45, 2.75) is 44.7 Å². The molecule has 152 valence electrons. The smallest absolute Gasteiger partial charge is 0.250 e. The van der Waals surface area contributed by atoms with E-state index in [1.165, 1.54) is 19.3 Å². The van der Waals surface area contributed by atoms with Gasteiger partial charge in [0.1, 0.15) is 6.54 Å². The lowest BCUT2D eigenvalue weighted by molar-refractivity contribution is -0.122. The fraction of sp³-hybridized carbons (Fsp3) is 0.292. The number of amides is 1. The maximum Gasteiger partial charge on any atom is 0.250 e. The fourth-order valence-corrected chi connectivity index (χ4v) is 4.25. The number of nitrogens with zero attached hydrogens (tertiary/aromatic N) is 3. The molecule has 0 radical (unpaired) electrons. The number of rotatable bonds is 5. The molecule has 0 aliphatic heterocycles. The van der Waals surface area contributed by atoms with Gasteiger partial charge in [-0.25, -0.2) is 0 Å². The first-order chi connectivity index (χ1) is 14.8. The Morgan fingerprint density at radius 1 is 0.967 bits per heavy atom. The Kier molecular flexibility index (Phi) is 5.05. The van der Waals surface area contributed by atoms with E-state index in [9.17, 15) is 4.79 Å². The number of carbonyl (C=O) groups excluding carboxylic acids is 1. The minimum absolute atomic E-state index is 0.0460. The number of aromatic nitrogens is 3. The summed E-state index contributed by atoms with van der Waals surface area (Å²) >= 11 is 0. The summed E-state index contributed by atoms with van der Waals surface area (Å²) in [6.07, 6.45) is 7.76. The monoisotopic (exact) mass is 400 g/mol. The maximum absolute atomic E-state index is 12.7. The van der Waals surface area contributed by atoms with Gasteiger partial charge in [0.2, 0.25) is 17.7 Å². The Hall–Kier alpha value is -3.41. The molecule has 1 amide bonds. The van der Waals surface area contributed by atoms with Crippen molar-refractivity contribution in [2.24, 2.45) is 0 Å². The largest absolute Gasteiger partial charge is 0.416 e. The standard InChI is InChI=1S/C24H24N4O2/c29-22(25-18-11-5-2-6-12-18)16-28-15-20(19-13-7-8-14-21(19)28)24-27-26-23(30-24)17-9-3-1-4-10-17/h1,3-4,7-10,13-15,18H,2,5-6,11-12,16H2,(H,25,29). The Balaban J connectivity index is 1.43. The summed E-state index contributed by atoms with van der Waals surface area (Å²) in [4.78, 5) is 12.7. The quantitative estimate of drug-likeness (QED) is 0.522. The van der Waals surface area contributed by atoms with E-state index in [0.717, 1.165) is 34.9 Å². The number of hydrogen-bond acceptors (Lipinski definition) is 4. The van der Waals surface area contributed by atoms with Gasteiger partial charge in [0.25, 0.3) is 0 Å². The van der Waals surface area contributed by atoms with Crippen LogP contribution in [0, 0.1) is 0 Å². The van der Waals surface area contributed by atoms with E-state index in [1.54, 1.807) is 0 Å². The van der Waals surface area contributed by atoms with Gasteiger partial charge in [-0.05, 0) is 31.0 Å². The first-order valence-corrected chi connectivity index (χ1v) is 10.5. The van der Waals surface area contributed by atoms with Crippen molar-refractivity contribution < 1.29 is 9.21 Å². The SMILES string of the molecule is O=C(Cn1cc(-c2nnc(-c3ccccc3)o2)c2ccccc21)NC1CCCCC1. The second kappa shape index (κ2) is 8.14. The van der Waals surface area contributed by atoms with Gasteiger partial charge in [-0.3, -0.25) is 4.79 Å². The Labute approximate surface area is 174 Å². The summed E-state index contributed by atoms with van der Waals surface area (Å²) in [5.41, 5.74) is 2.70. The van der Waals surface area contributed by atoms with E-state index in [4.69, 9.17) is 4.42 Å². The zero-order chi connectivity index (χ0) is 20.3. The molecule has 0 unspecified atom stereocenters. The molecule has 0 saturated heterocycles. The van der Waals surface area contributed by atoms with Crippen molar-refractivity contribution in [1.29, 1.82) is 0 Å². The van der Waals surface area contributed by atoms with Crippen LogP contribution >= 0.6 is 0 Å². The van der Waals surface area contributed by atoms with Crippen molar-refractivity contribution in [3.8, 4) is 22.9 Å². The van der Waals surface area contributed by atoms with Gasteiger partial charge in [-0.2, -0.15) is 0 Å². The number of fused-ring (bicyclic) bond motifs is 1. The Morgan fingerprint density at radius 2 is 1.70 bits per heavy atom. The van der Waals surface area contributed by atoms with Gasteiger partial charge in [-0.1, -0.05) is 55.7 Å². The lowest BCUT2D eigenvalue weighted by Crippen LogP contribution is -2.38. The van der Waals surface area contributed by atoms with Crippen LogP contribution in [0.3, 0.4) is 0 Å². The molecule has 30 heavy (non-hydrogen) atoms. The topological polar surface area (TPSA) is 73.0 Å². The van der Waals surface area contributed by atoms with Gasteiger partial charge in [-0.15, -0.1) is 10.2 Å². The molecule has 6 heteroatoms. The van der Waals surface area contributed by atoms with E-state index < -0.39 is 0 Å². The predicted molar refractivity (Wildman–Crippen MR) is 116 cm³/mol. The summed E-state index contributed by atoms with van der Waals surface area (Å²) in [5, 5.41) is 12.7. The van der Waals surface area contributed by atoms with E-state index in [-0.39, 0.29) is 12.5 Å². The van der Waals surface area contributed by atoms with Gasteiger partial charge in [0.05, 0.1) is 5.56 Å². The second-order valence-corrected chi connectivity index (χ2v) is 7.87. The fourth-order valence-electron chi connectivity index (χ4n) is 4.25. The summed E-state index contributed by atoms with van der Waals surface area (Å²) in [5.74, 6) is 0.985. The van der Waals surface area contributed by atoms with Crippen LogP contribution in [-0.2, 0) is 11.3 Å². The second-order valence-electron chi connectivity index (χ2n) is 7.87. The molecule has 1 aliphatic rings. The number of nitrogens with one attached hydrogen (secondary N) is 1. The normalized spacial score (nSPS) is 14.8. The lowest BCUT2D eigenvalue weighted by Gasteiger charge is -2.22. The molecule has 1 N–H and O–H groups in total. The summed E-state index contributed by atoms with van der Waals surface area (Å²) in [6, 6.07) is 18.0. The molecule has 6 nitrogen and oxygen atoms in total. The average Bonchev–Trinajstić information content (AvgIpc) is 3.41. The first kappa shape index (κ1) is 18.6. The summed E-state index contributed by atoms with van der Waals surface area (Å²) in [7, 11) is 0. The van der Waals surface area contributed by atoms with Crippen molar-refractivity contribution in [3.05, 3.63) is 60.8 Å². The molecule has 0 spiro atoms. The molecule has 4 aromatic rings. The number of para-hydroxylation sites is 1. The van der Waals surface area contributed by atoms with E-state index in [0.29, 0.717) is 17.8 Å². The molecular formula is C24H24N4O2. The van der Waals surface area contributed by atoms with Crippen LogP contribution in [0.1, 0.15) is 32.1 Å². The third-order valence-corrected chi connectivity index (χ3v) is 5.75. The predicted octanol–water partition coefficient (Wildman–Crippen LogP) is 4.81. The number of carbonyl (C=O) groups is 1. The molecule has 2 heterocycles. The zero-order valence-corrected chi connectivity index (χ0v) is 16.8. The Bertz CT molecular complexity index is 1160. The third-order valence-electron chi connectivity index (χ3n) is 5.75. The van der Waals surface area contributed by atoms with Gasteiger partial charge in [0.15, 0.2) is 0 Å². The van der Waals surface area contributed by atoms with Crippen molar-refractivity contribution in [3.63, 3.8) is 0 Å². The minimum atomic E-state index is 0.0460. The van der Waals surface area contributed by atoms with Gasteiger partial charge >= 0.3 is 0 Å². The van der Waals surface area contributed by atoms with Gasteiger partial charge in [0, 0.05) is 28.7 Å². The maximum atomic E-state index is 12.7. The van der Waals surface area contributed by atoms with E-state index >= 15 is 0 Å². The lowest BCUT2D eigenvalue weighted by atomic mass is 9.95. The van der Waals surface area contributed by atoms with Crippen LogP contribution in [0.2, 0.25) is 0 Å². The zero-order valence-electron chi connectivity index (χ0n) is 16.8. The highest BCUT2D eigenvalue weighted by molar-refractivity contribution is 5.95. The molecule has 2 aromatic heterocycles. The van der Waals surface area contributed by atoms with Crippen LogP contribution in [0.5, 0.6) is 0 Å². The van der Waals surface area contributed by atoms with Crippen LogP contribution in [0.25, 0.3) is 33.8 Å². The molecular weight excluding hydrogens is 376 g/mol. The molecule has 0 bridgehead atoms. The highest BCUT2D eigenvalue weighted by Crippen LogP contribution is 2.31. The van der Waals surface area contributed by atoms with Crippen molar-refractivity contribution in [1.82, 2.24) is 20.1 Å². The number of hydrogen-bond donors (Lipinski definition) is 1. The number of benzene rings is 2. The Morgan fingerprint density at radius 3 is 2.53 bits per heavy atom. The van der Waals surface area contributed by atoms with Crippen molar-refractivity contribution in [2.75, 3.05) is 0 Å². The van der Waals surface area contributed by atoms with E-state index in [2.05, 4.69) is 15.5 Å². The third kappa shape index (κ3) is 3.73. The molecule has 2 aromatic carbocycles.